The summed E-state index contributed by atoms with van der Waals surface area (Å²) in [6.07, 6.45) is 1.84. The Bertz CT molecular complexity index is 447. The molecule has 1 aromatic carbocycles. The Balaban J connectivity index is 3.28. The summed E-state index contributed by atoms with van der Waals surface area (Å²) >= 11 is 6.26. The van der Waals surface area contributed by atoms with Crippen LogP contribution in [-0.4, -0.2) is 37.4 Å². The molecular weight excluding hydrogens is 278 g/mol. The van der Waals surface area contributed by atoms with Crippen molar-refractivity contribution in [1.29, 1.82) is 0 Å². The number of carboxylic acid groups (broad SMARTS) is 1. The number of ether oxygens (including phenoxy) is 1. The second kappa shape index (κ2) is 8.12. The van der Waals surface area contributed by atoms with Gasteiger partial charge in [-0.3, -0.25) is 0 Å². The van der Waals surface area contributed by atoms with E-state index >= 15 is 0 Å². The number of benzene rings is 1. The van der Waals surface area contributed by atoms with E-state index in [-0.39, 0.29) is 11.6 Å². The molecule has 0 atom stereocenters. The van der Waals surface area contributed by atoms with Gasteiger partial charge in [0.2, 0.25) is 0 Å². The molecule has 5 heteroatoms. The van der Waals surface area contributed by atoms with E-state index in [4.69, 9.17) is 16.3 Å². The number of anilines is 1. The molecule has 0 aliphatic heterocycles. The monoisotopic (exact) mass is 299 g/mol. The predicted molar refractivity (Wildman–Crippen MR) is 82.0 cm³/mol. The van der Waals surface area contributed by atoms with E-state index in [2.05, 4.69) is 18.7 Å². The minimum absolute atomic E-state index is 0.237. The fourth-order valence-electron chi connectivity index (χ4n) is 2.38. The van der Waals surface area contributed by atoms with E-state index in [9.17, 15) is 9.90 Å². The lowest BCUT2D eigenvalue weighted by molar-refractivity contribution is 0.0697. The molecule has 0 heterocycles. The highest BCUT2D eigenvalue weighted by atomic mass is 35.5. The first-order valence-corrected chi connectivity index (χ1v) is 7.21. The van der Waals surface area contributed by atoms with Gasteiger partial charge in [-0.2, -0.15) is 0 Å². The smallest absolute Gasteiger partial charge is 0.337 e. The quantitative estimate of drug-likeness (QED) is 0.795. The van der Waals surface area contributed by atoms with Crippen LogP contribution in [0.15, 0.2) is 18.2 Å². The maximum absolute atomic E-state index is 11.4. The molecule has 0 aromatic heterocycles. The normalized spacial score (nSPS) is 10.8. The van der Waals surface area contributed by atoms with Gasteiger partial charge in [-0.15, -0.1) is 0 Å². The van der Waals surface area contributed by atoms with Crippen molar-refractivity contribution in [3.63, 3.8) is 0 Å². The van der Waals surface area contributed by atoms with Crippen LogP contribution in [0, 0.1) is 0 Å². The van der Waals surface area contributed by atoms with Gasteiger partial charge in [0.05, 0.1) is 22.9 Å². The minimum atomic E-state index is -0.962. The number of hydrogen-bond acceptors (Lipinski definition) is 3. The summed E-state index contributed by atoms with van der Waals surface area (Å²) in [7, 11) is 1.63. The van der Waals surface area contributed by atoms with Gasteiger partial charge in [-0.25, -0.2) is 4.79 Å². The van der Waals surface area contributed by atoms with E-state index in [1.54, 1.807) is 25.3 Å². The van der Waals surface area contributed by atoms with Crippen molar-refractivity contribution in [2.75, 3.05) is 25.2 Å². The third kappa shape index (κ3) is 3.87. The van der Waals surface area contributed by atoms with Crippen LogP contribution >= 0.6 is 11.6 Å². The zero-order valence-corrected chi connectivity index (χ0v) is 13.0. The Hall–Kier alpha value is -1.26. The van der Waals surface area contributed by atoms with Crippen molar-refractivity contribution in [1.82, 2.24) is 0 Å². The fourth-order valence-corrected chi connectivity index (χ4v) is 2.66. The summed E-state index contributed by atoms with van der Waals surface area (Å²) in [6.45, 7) is 5.32. The highest BCUT2D eigenvalue weighted by Crippen LogP contribution is 2.32. The zero-order chi connectivity index (χ0) is 15.1. The van der Waals surface area contributed by atoms with Crippen LogP contribution in [0.25, 0.3) is 0 Å². The van der Waals surface area contributed by atoms with E-state index < -0.39 is 5.97 Å². The predicted octanol–water partition coefficient (Wildman–Crippen LogP) is 3.68. The average Bonchev–Trinajstić information content (AvgIpc) is 2.43. The third-order valence-corrected chi connectivity index (χ3v) is 3.73. The van der Waals surface area contributed by atoms with Crippen LogP contribution in [0.3, 0.4) is 0 Å². The summed E-state index contributed by atoms with van der Waals surface area (Å²) in [6, 6.07) is 5.22. The lowest BCUT2D eigenvalue weighted by atomic mass is 10.1. The van der Waals surface area contributed by atoms with Crippen molar-refractivity contribution in [3.8, 4) is 0 Å². The number of halogens is 1. The topological polar surface area (TPSA) is 49.8 Å². The molecule has 0 bridgehead atoms. The molecule has 0 saturated carbocycles. The van der Waals surface area contributed by atoms with Gasteiger partial charge in [-0.1, -0.05) is 31.5 Å². The Morgan fingerprint density at radius 2 is 2.05 bits per heavy atom. The Labute approximate surface area is 125 Å². The molecule has 0 aliphatic rings. The lowest BCUT2D eigenvalue weighted by Crippen LogP contribution is -2.38. The molecule has 4 nitrogen and oxygen atoms in total. The van der Waals surface area contributed by atoms with Crippen molar-refractivity contribution < 1.29 is 14.6 Å². The first-order valence-electron chi connectivity index (χ1n) is 6.84. The molecule has 1 rings (SSSR count). The summed E-state index contributed by atoms with van der Waals surface area (Å²) in [5, 5.41) is 9.84. The first kappa shape index (κ1) is 16.8. The summed E-state index contributed by atoms with van der Waals surface area (Å²) in [5.74, 6) is -0.962. The molecular formula is C15H22ClNO3. The van der Waals surface area contributed by atoms with Crippen molar-refractivity contribution in [3.05, 3.63) is 28.8 Å². The van der Waals surface area contributed by atoms with Gasteiger partial charge in [0, 0.05) is 19.7 Å². The largest absolute Gasteiger partial charge is 0.478 e. The molecule has 0 unspecified atom stereocenters. The Morgan fingerprint density at radius 1 is 1.40 bits per heavy atom. The number of para-hydroxylation sites is 1. The van der Waals surface area contributed by atoms with Crippen LogP contribution in [0.4, 0.5) is 5.69 Å². The number of carbonyl (C=O) groups is 1. The second-order valence-corrected chi connectivity index (χ2v) is 5.00. The van der Waals surface area contributed by atoms with Crippen LogP contribution < -0.4 is 4.90 Å². The molecule has 0 aliphatic carbocycles. The average molecular weight is 300 g/mol. The molecule has 1 aromatic rings. The minimum Gasteiger partial charge on any atom is -0.478 e. The van der Waals surface area contributed by atoms with Gasteiger partial charge in [0.25, 0.3) is 0 Å². The van der Waals surface area contributed by atoms with E-state index in [0.717, 1.165) is 12.8 Å². The maximum atomic E-state index is 11.4. The van der Waals surface area contributed by atoms with Crippen molar-refractivity contribution in [2.45, 2.75) is 32.7 Å². The highest BCUT2D eigenvalue weighted by Gasteiger charge is 2.23. The van der Waals surface area contributed by atoms with Crippen LogP contribution in [0.1, 0.15) is 37.0 Å². The fraction of sp³-hybridized carbons (Fsp3) is 0.533. The van der Waals surface area contributed by atoms with Crippen LogP contribution in [-0.2, 0) is 4.74 Å². The van der Waals surface area contributed by atoms with Crippen molar-refractivity contribution >= 4 is 23.3 Å². The van der Waals surface area contributed by atoms with Gasteiger partial charge >= 0.3 is 5.97 Å². The molecule has 0 fully saturated rings. The van der Waals surface area contributed by atoms with E-state index in [1.165, 1.54) is 0 Å². The van der Waals surface area contributed by atoms with Gasteiger partial charge in [-0.05, 0) is 25.0 Å². The van der Waals surface area contributed by atoms with Crippen LogP contribution in [0.2, 0.25) is 5.02 Å². The molecule has 20 heavy (non-hydrogen) atoms. The van der Waals surface area contributed by atoms with Crippen LogP contribution in [0.5, 0.6) is 0 Å². The number of hydrogen-bond donors (Lipinski definition) is 1. The summed E-state index contributed by atoms with van der Waals surface area (Å²) in [5.41, 5.74) is 0.827. The highest BCUT2D eigenvalue weighted by molar-refractivity contribution is 6.34. The number of methoxy groups -OCH3 is 1. The standard InChI is InChI=1S/C15H22ClNO3/c1-4-11(5-2)17(9-10-20-3)14-12(15(18)19)7-6-8-13(14)16/h6-8,11H,4-5,9-10H2,1-3H3,(H,18,19). The number of rotatable bonds is 8. The molecule has 0 saturated heterocycles. The summed E-state index contributed by atoms with van der Waals surface area (Å²) < 4.78 is 5.14. The Kier molecular flexibility index (Phi) is 6.82. The summed E-state index contributed by atoms with van der Waals surface area (Å²) in [4.78, 5) is 13.5. The molecule has 1 N–H and O–H groups in total. The first-order chi connectivity index (χ1) is 9.56. The van der Waals surface area contributed by atoms with Gasteiger partial charge in [0.1, 0.15) is 0 Å². The molecule has 112 valence electrons. The van der Waals surface area contributed by atoms with E-state index in [0.29, 0.717) is 23.9 Å². The number of nitrogens with zero attached hydrogens (tertiary/aromatic N) is 1. The SMILES string of the molecule is CCC(CC)N(CCOC)c1c(Cl)cccc1C(=O)O. The number of aromatic carboxylic acids is 1. The van der Waals surface area contributed by atoms with Crippen molar-refractivity contribution in [2.24, 2.45) is 0 Å². The zero-order valence-electron chi connectivity index (χ0n) is 12.2. The van der Waals surface area contributed by atoms with E-state index in [1.807, 2.05) is 0 Å². The third-order valence-electron chi connectivity index (χ3n) is 3.42. The second-order valence-electron chi connectivity index (χ2n) is 4.60. The van der Waals surface area contributed by atoms with Gasteiger partial charge < -0.3 is 14.7 Å². The number of carboxylic acids is 1. The lowest BCUT2D eigenvalue weighted by Gasteiger charge is -2.34. The van der Waals surface area contributed by atoms with Gasteiger partial charge in [0.15, 0.2) is 0 Å². The maximum Gasteiger partial charge on any atom is 0.337 e. The molecule has 0 amide bonds. The Morgan fingerprint density at radius 3 is 2.55 bits per heavy atom. The molecule has 0 spiro atoms. The molecule has 0 radical (unpaired) electrons.